The monoisotopic (exact) mass is 1120 g/mol. The maximum atomic E-state index is 14.9. The molecule has 6 aromatic carbocycles. The third kappa shape index (κ3) is 8.90. The van der Waals surface area contributed by atoms with Gasteiger partial charge in [0.05, 0.1) is 27.8 Å². The number of carboxylic acid groups (broad SMARTS) is 2. The van der Waals surface area contributed by atoms with Crippen molar-refractivity contribution in [3.63, 3.8) is 0 Å². The number of hydrogen-bond donors (Lipinski definition) is 19. The Morgan fingerprint density at radius 1 is 0.425 bits per heavy atom. The van der Waals surface area contributed by atoms with Gasteiger partial charge in [-0.2, -0.15) is 0 Å². The number of fused-ring (bicyclic) bond motifs is 6. The zero-order chi connectivity index (χ0) is 59.0. The lowest BCUT2D eigenvalue weighted by molar-refractivity contribution is -0.167. The highest BCUT2D eigenvalue weighted by molar-refractivity contribution is 6.10. The van der Waals surface area contributed by atoms with E-state index in [0.717, 1.165) is 0 Å². The molecule has 0 amide bonds. The summed E-state index contributed by atoms with van der Waals surface area (Å²) in [5, 5.41) is 202. The summed E-state index contributed by atoms with van der Waals surface area (Å²) in [6.45, 7) is -1.76. The van der Waals surface area contributed by atoms with Crippen LogP contribution in [0.1, 0.15) is 62.1 Å². The number of cyclic esters (lactones) is 4. The number of carbonyl (C=O) groups excluding carboxylic acids is 5. The molecule has 32 heteroatoms. The molecule has 0 saturated heterocycles. The van der Waals surface area contributed by atoms with E-state index in [1.807, 2.05) is 0 Å². The second kappa shape index (κ2) is 19.6. The van der Waals surface area contributed by atoms with Gasteiger partial charge in [-0.15, -0.1) is 0 Å². The van der Waals surface area contributed by atoms with Crippen molar-refractivity contribution in [2.75, 3.05) is 6.61 Å². The minimum absolute atomic E-state index is 0.185. The van der Waals surface area contributed by atoms with E-state index in [1.54, 1.807) is 0 Å². The molecule has 0 aromatic heterocycles. The number of phenolic OH excluding ortho intramolecular Hbond substituents is 17. The number of aromatic hydroxyl groups is 17. The maximum absolute atomic E-state index is 14.9. The molecule has 0 bridgehead atoms. The summed E-state index contributed by atoms with van der Waals surface area (Å²) in [5.74, 6) is -42.5. The summed E-state index contributed by atoms with van der Waals surface area (Å²) in [5.41, 5.74) is -12.8. The zero-order valence-electron chi connectivity index (χ0n) is 38.9. The van der Waals surface area contributed by atoms with Crippen molar-refractivity contribution in [1.29, 1.82) is 0 Å². The Bertz CT molecular complexity index is 3740. The highest BCUT2D eigenvalue weighted by Crippen LogP contribution is 2.57. The van der Waals surface area contributed by atoms with Crippen molar-refractivity contribution < 1.29 is 159 Å². The highest BCUT2D eigenvalue weighted by Gasteiger charge is 2.51. The molecule has 0 aliphatic carbocycles. The van der Waals surface area contributed by atoms with E-state index < -0.39 is 238 Å². The first-order valence-electron chi connectivity index (χ1n) is 21.6. The molecule has 0 fully saturated rings. The van der Waals surface area contributed by atoms with Gasteiger partial charge >= 0.3 is 41.8 Å². The lowest BCUT2D eigenvalue weighted by atomic mass is 9.91. The predicted octanol–water partition coefficient (Wildman–Crippen LogP) is 2.28. The molecule has 6 aromatic rings. The Hall–Kier alpha value is -12.0. The number of phenols is 17. The van der Waals surface area contributed by atoms with Crippen LogP contribution in [0.2, 0.25) is 0 Å². The van der Waals surface area contributed by atoms with Gasteiger partial charge in [-0.25, -0.2) is 33.6 Å². The van der Waals surface area contributed by atoms with Crippen molar-refractivity contribution in [2.45, 2.75) is 24.4 Å². The average Bonchev–Trinajstić information content (AvgIpc) is 3.55. The van der Waals surface area contributed by atoms with Gasteiger partial charge in [0.25, 0.3) is 0 Å². The minimum atomic E-state index is -3.25. The summed E-state index contributed by atoms with van der Waals surface area (Å²) in [6.07, 6.45) is -12.4. The molecule has 0 radical (unpaired) electrons. The van der Waals surface area contributed by atoms with E-state index in [9.17, 15) is 131 Å². The second-order valence-electron chi connectivity index (χ2n) is 16.7. The van der Waals surface area contributed by atoms with Gasteiger partial charge in [-0.3, -0.25) is 0 Å². The summed E-state index contributed by atoms with van der Waals surface area (Å²) < 4.78 is 32.3. The van der Waals surface area contributed by atoms with E-state index in [-0.39, 0.29) is 24.3 Å². The SMILES string of the molecule is O=C(OC1COC(=O)c2cc(Oc3c(C(=O)O)cc(O)c(O)c3O)c(O)c(O)c2-c2c(cc(O)c(O)c2O)C(=O)O[C@H]1[C@@H]1OC(=O)c2cc(O)c(O)c(O)c2-c2c(cc(O)c(O)c2O)C(=O)O[C@H]1C(=O)O)c1cc(O)c(O)c(O)c1. The van der Waals surface area contributed by atoms with Gasteiger partial charge in [-0.05, 0) is 30.3 Å². The van der Waals surface area contributed by atoms with Crippen LogP contribution in [0.25, 0.3) is 22.3 Å². The standard InChI is InChI=1S/C48H32O32/c49-15-1-9(2-16(50)27(15)55)44(70)77-22-8-75-45(71)13-7-21(76-38-14(42(66)67)6-20(54)31(59)37(38)65)32(60)36(64)26(13)25-10(3-17(51)30(58)35(25)63)46(72)78-39(22)40-41(43(68)69)80-48(74)12-5-19(53)29(57)34(62)24(12)23-11(47(73)79-40)4-18(52)28(56)33(23)61/h1-7,22,39-41,49-65H,8H2,(H,66,67)(H,68,69)/t22?,39-,40+,41-/m1/s1. The third-order valence-electron chi connectivity index (χ3n) is 11.9. The molecule has 80 heavy (non-hydrogen) atoms. The number of rotatable bonds is 7. The van der Waals surface area contributed by atoms with E-state index in [0.29, 0.717) is 18.2 Å². The summed E-state index contributed by atoms with van der Waals surface area (Å²) >= 11 is 0. The third-order valence-corrected chi connectivity index (χ3v) is 11.9. The quantitative estimate of drug-likeness (QED) is 0.0619. The fraction of sp³-hybridized carbons (Fsp3) is 0.104. The molecule has 1 unspecified atom stereocenters. The van der Waals surface area contributed by atoms with Crippen molar-refractivity contribution in [3.8, 4) is 131 Å². The van der Waals surface area contributed by atoms with Crippen LogP contribution in [0, 0.1) is 0 Å². The minimum Gasteiger partial charge on any atom is -0.504 e. The lowest BCUT2D eigenvalue weighted by Crippen LogP contribution is -2.55. The Labute approximate surface area is 438 Å². The van der Waals surface area contributed by atoms with E-state index in [2.05, 4.69) is 0 Å². The van der Waals surface area contributed by atoms with Gasteiger partial charge in [0.1, 0.15) is 12.2 Å². The van der Waals surface area contributed by atoms with E-state index in [4.69, 9.17) is 28.4 Å². The number of carbonyl (C=O) groups is 7. The first-order valence-corrected chi connectivity index (χ1v) is 21.6. The van der Waals surface area contributed by atoms with Crippen molar-refractivity contribution in [2.24, 2.45) is 0 Å². The van der Waals surface area contributed by atoms with Crippen LogP contribution >= 0.6 is 0 Å². The normalized spacial score (nSPS) is 17.1. The number of hydrogen-bond acceptors (Lipinski definition) is 30. The zero-order valence-corrected chi connectivity index (χ0v) is 38.9. The van der Waals surface area contributed by atoms with Crippen LogP contribution in [-0.4, -0.2) is 170 Å². The highest BCUT2D eigenvalue weighted by atomic mass is 16.6. The van der Waals surface area contributed by atoms with Crippen LogP contribution < -0.4 is 4.74 Å². The van der Waals surface area contributed by atoms with Gasteiger partial charge in [0.2, 0.25) is 40.6 Å². The van der Waals surface area contributed by atoms with Crippen LogP contribution in [0.3, 0.4) is 0 Å². The topological polar surface area (TPSA) is 559 Å². The number of aromatic carboxylic acids is 1. The van der Waals surface area contributed by atoms with E-state index >= 15 is 0 Å². The molecular weight excluding hydrogens is 1090 g/mol. The summed E-state index contributed by atoms with van der Waals surface area (Å²) in [4.78, 5) is 97.8. The molecule has 2 aliphatic rings. The molecule has 2 heterocycles. The second-order valence-corrected chi connectivity index (χ2v) is 16.7. The smallest absolute Gasteiger partial charge is 0.349 e. The number of ether oxygens (including phenoxy) is 6. The lowest BCUT2D eigenvalue weighted by Gasteiger charge is -2.35. The Kier molecular flexibility index (Phi) is 13.3. The molecule has 19 N–H and O–H groups in total. The number of esters is 5. The average molecular weight is 1120 g/mol. The molecule has 0 saturated carbocycles. The van der Waals surface area contributed by atoms with Gasteiger partial charge in [-0.1, -0.05) is 0 Å². The van der Waals surface area contributed by atoms with Crippen LogP contribution in [0.4, 0.5) is 0 Å². The molecule has 2 aliphatic heterocycles. The Morgan fingerprint density at radius 3 is 1.26 bits per heavy atom. The van der Waals surface area contributed by atoms with Gasteiger partial charge in [0.15, 0.2) is 93.1 Å². The maximum Gasteiger partial charge on any atom is 0.349 e. The van der Waals surface area contributed by atoms with Crippen molar-refractivity contribution in [3.05, 3.63) is 75.8 Å². The van der Waals surface area contributed by atoms with Crippen LogP contribution in [0.5, 0.6) is 109 Å². The van der Waals surface area contributed by atoms with Crippen molar-refractivity contribution in [1.82, 2.24) is 0 Å². The largest absolute Gasteiger partial charge is 0.504 e. The number of carboxylic acids is 2. The first kappa shape index (κ1) is 54.3. The molecule has 4 atom stereocenters. The van der Waals surface area contributed by atoms with Gasteiger partial charge in [0, 0.05) is 34.4 Å². The van der Waals surface area contributed by atoms with Crippen LogP contribution in [0.15, 0.2) is 42.5 Å². The first-order chi connectivity index (χ1) is 37.5. The van der Waals surface area contributed by atoms with Crippen LogP contribution in [-0.2, 0) is 28.5 Å². The van der Waals surface area contributed by atoms with Gasteiger partial charge < -0.3 is 125 Å². The Morgan fingerprint density at radius 2 is 0.812 bits per heavy atom. The molecule has 416 valence electrons. The summed E-state index contributed by atoms with van der Waals surface area (Å²) in [6, 6.07) is 2.12. The predicted molar refractivity (Wildman–Crippen MR) is 247 cm³/mol. The molecule has 0 spiro atoms. The Balaban J connectivity index is 1.40. The van der Waals surface area contributed by atoms with E-state index in [1.165, 1.54) is 0 Å². The summed E-state index contributed by atoms with van der Waals surface area (Å²) in [7, 11) is 0. The fourth-order valence-corrected chi connectivity index (χ4v) is 8.13. The number of benzene rings is 6. The fourth-order valence-electron chi connectivity index (χ4n) is 8.13. The molecule has 8 rings (SSSR count). The molecule has 32 nitrogen and oxygen atoms in total. The van der Waals surface area contributed by atoms with Crippen molar-refractivity contribution >= 4 is 41.8 Å². The molecular formula is C48H32O32. The number of aliphatic carboxylic acids is 1.